The second-order valence-electron chi connectivity index (χ2n) is 6.89. The van der Waals surface area contributed by atoms with Crippen molar-refractivity contribution in [2.24, 2.45) is 0 Å². The average molecular weight is 472 g/mol. The molecule has 0 saturated heterocycles. The zero-order chi connectivity index (χ0) is 21.9. The van der Waals surface area contributed by atoms with E-state index in [2.05, 4.69) is 6.92 Å². The van der Waals surface area contributed by atoms with Crippen LogP contribution in [0, 0.1) is 0 Å². The van der Waals surface area contributed by atoms with Crippen LogP contribution in [-0.2, 0) is 4.74 Å². The summed E-state index contributed by atoms with van der Waals surface area (Å²) in [6.07, 6.45) is 7.86. The van der Waals surface area contributed by atoms with Crippen LogP contribution < -0.4 is 4.74 Å². The van der Waals surface area contributed by atoms with E-state index >= 15 is 0 Å². The Labute approximate surface area is 192 Å². The van der Waals surface area contributed by atoms with Gasteiger partial charge in [-0.3, -0.25) is 0 Å². The Hall–Kier alpha value is -1.75. The highest BCUT2D eigenvalue weighted by molar-refractivity contribution is 6.43. The van der Waals surface area contributed by atoms with Crippen molar-refractivity contribution >= 4 is 46.7 Å². The van der Waals surface area contributed by atoms with Crippen LogP contribution in [-0.4, -0.2) is 18.5 Å². The fraction of sp³-hybridized carbons (Fsp3) is 0.391. The van der Waals surface area contributed by atoms with Crippen LogP contribution in [0.2, 0.25) is 15.1 Å². The average Bonchev–Trinajstić information content (AvgIpc) is 2.73. The Morgan fingerprint density at radius 2 is 1.33 bits per heavy atom. The smallest absolute Gasteiger partial charge is 0.344 e. The largest absolute Gasteiger partial charge is 0.462 e. The summed E-state index contributed by atoms with van der Waals surface area (Å²) in [5.41, 5.74) is 0.228. The maximum absolute atomic E-state index is 12.6. The van der Waals surface area contributed by atoms with Crippen LogP contribution in [0.25, 0.3) is 0 Å². The molecule has 162 valence electrons. The standard InChI is InChI=1S/C23H25Cl3O4/c1-2-3-4-5-6-7-10-13-29-22(27)16-11-8-9-12-17(16)23(28)30-21-15-19(25)18(24)14-20(21)26/h8-9,11-12,14-15H,2-7,10,13H2,1H3. The fourth-order valence-electron chi connectivity index (χ4n) is 2.88. The summed E-state index contributed by atoms with van der Waals surface area (Å²) in [6.45, 7) is 2.50. The van der Waals surface area contributed by atoms with Gasteiger partial charge in [0.15, 0.2) is 5.75 Å². The molecule has 0 unspecified atom stereocenters. The predicted octanol–water partition coefficient (Wildman–Crippen LogP) is 7.77. The van der Waals surface area contributed by atoms with Gasteiger partial charge in [-0.2, -0.15) is 0 Å². The number of hydrogen-bond acceptors (Lipinski definition) is 4. The topological polar surface area (TPSA) is 52.6 Å². The Bertz CT molecular complexity index is 868. The molecule has 2 aromatic carbocycles. The van der Waals surface area contributed by atoms with E-state index < -0.39 is 11.9 Å². The molecule has 0 saturated carbocycles. The molecule has 4 nitrogen and oxygen atoms in total. The van der Waals surface area contributed by atoms with Gasteiger partial charge in [0, 0.05) is 6.07 Å². The Morgan fingerprint density at radius 1 is 0.767 bits per heavy atom. The molecule has 0 aliphatic heterocycles. The van der Waals surface area contributed by atoms with Gasteiger partial charge in [-0.15, -0.1) is 0 Å². The number of rotatable bonds is 11. The molecule has 0 N–H and O–H groups in total. The summed E-state index contributed by atoms with van der Waals surface area (Å²) in [7, 11) is 0. The highest BCUT2D eigenvalue weighted by Crippen LogP contribution is 2.34. The summed E-state index contributed by atoms with van der Waals surface area (Å²) in [4.78, 5) is 25.1. The molecule has 0 aliphatic carbocycles. The van der Waals surface area contributed by atoms with Crippen molar-refractivity contribution in [3.63, 3.8) is 0 Å². The molecule has 0 spiro atoms. The summed E-state index contributed by atoms with van der Waals surface area (Å²) < 4.78 is 10.7. The quantitative estimate of drug-likeness (QED) is 0.145. The van der Waals surface area contributed by atoms with Crippen LogP contribution in [0.3, 0.4) is 0 Å². The highest BCUT2D eigenvalue weighted by atomic mass is 35.5. The van der Waals surface area contributed by atoms with Crippen LogP contribution >= 0.6 is 34.8 Å². The molecule has 30 heavy (non-hydrogen) atoms. The lowest BCUT2D eigenvalue weighted by molar-refractivity contribution is 0.0489. The minimum atomic E-state index is -0.737. The second kappa shape index (κ2) is 12.8. The first kappa shape index (κ1) is 24.5. The van der Waals surface area contributed by atoms with Gasteiger partial charge in [-0.25, -0.2) is 9.59 Å². The maximum atomic E-state index is 12.6. The number of carbonyl (C=O) groups excluding carboxylic acids is 2. The molecule has 0 aliphatic rings. The van der Waals surface area contributed by atoms with Crippen molar-refractivity contribution in [2.45, 2.75) is 51.9 Å². The summed E-state index contributed by atoms with van der Waals surface area (Å²) in [5.74, 6) is -1.24. The normalized spacial score (nSPS) is 10.7. The molecule has 0 bridgehead atoms. The number of halogens is 3. The first-order chi connectivity index (χ1) is 14.4. The van der Waals surface area contributed by atoms with Crippen molar-refractivity contribution < 1.29 is 19.1 Å². The first-order valence-corrected chi connectivity index (χ1v) is 11.2. The van der Waals surface area contributed by atoms with E-state index in [1.54, 1.807) is 12.1 Å². The molecule has 0 heterocycles. The van der Waals surface area contributed by atoms with Gasteiger partial charge in [0.1, 0.15) is 0 Å². The number of carbonyl (C=O) groups is 2. The molecule has 0 radical (unpaired) electrons. The summed E-state index contributed by atoms with van der Waals surface area (Å²) in [5, 5.41) is 0.582. The molecule has 0 amide bonds. The second-order valence-corrected chi connectivity index (χ2v) is 8.11. The zero-order valence-corrected chi connectivity index (χ0v) is 19.2. The van der Waals surface area contributed by atoms with Crippen molar-refractivity contribution in [2.75, 3.05) is 6.61 Å². The van der Waals surface area contributed by atoms with Crippen LogP contribution in [0.5, 0.6) is 5.75 Å². The highest BCUT2D eigenvalue weighted by Gasteiger charge is 2.21. The number of esters is 2. The summed E-state index contributed by atoms with van der Waals surface area (Å²) in [6, 6.07) is 9.06. The van der Waals surface area contributed by atoms with Crippen LogP contribution in [0.15, 0.2) is 36.4 Å². The SMILES string of the molecule is CCCCCCCCCOC(=O)c1ccccc1C(=O)Oc1cc(Cl)c(Cl)cc1Cl. The molecule has 0 aromatic heterocycles. The maximum Gasteiger partial charge on any atom is 0.344 e. The lowest BCUT2D eigenvalue weighted by atomic mass is 10.1. The van der Waals surface area contributed by atoms with Crippen molar-refractivity contribution in [1.82, 2.24) is 0 Å². The third-order valence-electron chi connectivity index (χ3n) is 4.53. The van der Waals surface area contributed by atoms with E-state index in [9.17, 15) is 9.59 Å². The minimum Gasteiger partial charge on any atom is -0.462 e. The van der Waals surface area contributed by atoms with E-state index in [4.69, 9.17) is 44.3 Å². The van der Waals surface area contributed by atoms with E-state index in [0.29, 0.717) is 6.61 Å². The van der Waals surface area contributed by atoms with Crippen LogP contribution in [0.1, 0.15) is 72.6 Å². The molecular formula is C23H25Cl3O4. The molecular weight excluding hydrogens is 447 g/mol. The molecule has 7 heteroatoms. The van der Waals surface area contributed by atoms with Gasteiger partial charge in [0.25, 0.3) is 0 Å². The molecule has 2 rings (SSSR count). The first-order valence-electron chi connectivity index (χ1n) is 10.1. The fourth-order valence-corrected chi connectivity index (χ4v) is 3.45. The third kappa shape index (κ3) is 7.50. The van der Waals surface area contributed by atoms with Gasteiger partial charge in [0.2, 0.25) is 0 Å². The zero-order valence-electron chi connectivity index (χ0n) is 16.9. The number of hydrogen-bond donors (Lipinski definition) is 0. The lowest BCUT2D eigenvalue weighted by Crippen LogP contribution is -2.16. The number of benzene rings is 2. The Morgan fingerprint density at radius 3 is 2.00 bits per heavy atom. The minimum absolute atomic E-state index is 0.0577. The van der Waals surface area contributed by atoms with Crippen molar-refractivity contribution in [1.29, 1.82) is 0 Å². The third-order valence-corrected chi connectivity index (χ3v) is 5.54. The van der Waals surface area contributed by atoms with Crippen molar-refractivity contribution in [3.8, 4) is 5.75 Å². The van der Waals surface area contributed by atoms with Gasteiger partial charge >= 0.3 is 11.9 Å². The van der Waals surface area contributed by atoms with E-state index in [0.717, 1.165) is 19.3 Å². The lowest BCUT2D eigenvalue weighted by Gasteiger charge is -2.11. The monoisotopic (exact) mass is 470 g/mol. The summed E-state index contributed by atoms with van der Waals surface area (Å²) >= 11 is 17.9. The van der Waals surface area contributed by atoms with Crippen molar-refractivity contribution in [3.05, 3.63) is 62.6 Å². The van der Waals surface area contributed by atoms with E-state index in [-0.39, 0.29) is 31.9 Å². The van der Waals surface area contributed by atoms with Gasteiger partial charge in [0.05, 0.1) is 32.8 Å². The van der Waals surface area contributed by atoms with E-state index in [1.807, 2.05) is 0 Å². The number of ether oxygens (including phenoxy) is 2. The predicted molar refractivity (Wildman–Crippen MR) is 121 cm³/mol. The van der Waals surface area contributed by atoms with Gasteiger partial charge in [-0.05, 0) is 24.6 Å². The van der Waals surface area contributed by atoms with Gasteiger partial charge in [-0.1, -0.05) is 92.4 Å². The Balaban J connectivity index is 1.94. The molecule has 0 atom stereocenters. The number of unbranched alkanes of at least 4 members (excludes halogenated alkanes) is 6. The van der Waals surface area contributed by atoms with Crippen LogP contribution in [0.4, 0.5) is 0 Å². The molecule has 0 fully saturated rings. The molecule has 2 aromatic rings. The van der Waals surface area contributed by atoms with E-state index in [1.165, 1.54) is 49.9 Å². The Kier molecular flexibility index (Phi) is 10.5. The van der Waals surface area contributed by atoms with Gasteiger partial charge < -0.3 is 9.47 Å².